The Morgan fingerprint density at radius 2 is 2.17 bits per heavy atom. The maximum absolute atomic E-state index is 12.0. The predicted molar refractivity (Wildman–Crippen MR) is 97.9 cm³/mol. The molecule has 0 N–H and O–H groups in total. The number of thioether (sulfide) groups is 1. The van der Waals surface area contributed by atoms with Crippen molar-refractivity contribution in [2.24, 2.45) is 4.99 Å². The van der Waals surface area contributed by atoms with Crippen LogP contribution in [0.15, 0.2) is 27.7 Å². The van der Waals surface area contributed by atoms with E-state index >= 15 is 0 Å². The maximum Gasteiger partial charge on any atom is 0.247 e. The zero-order valence-corrected chi connectivity index (χ0v) is 16.0. The Hall–Kier alpha value is -0.860. The quantitative estimate of drug-likeness (QED) is 0.741. The lowest BCUT2D eigenvalue weighted by Crippen LogP contribution is -2.37. The zero-order chi connectivity index (χ0) is 16.8. The molecule has 0 spiro atoms. The second-order valence-electron chi connectivity index (χ2n) is 5.75. The predicted octanol–water partition coefficient (Wildman–Crippen LogP) is 2.77. The third-order valence-electron chi connectivity index (χ3n) is 4.01. The van der Waals surface area contributed by atoms with Gasteiger partial charge in [-0.2, -0.15) is 4.99 Å². The number of aliphatic imine (C=N–C) groups is 1. The monoisotopic (exact) mass is 416 g/mol. The highest BCUT2D eigenvalue weighted by atomic mass is 79.9. The minimum absolute atomic E-state index is 0.0626. The van der Waals surface area contributed by atoms with E-state index in [2.05, 4.69) is 20.9 Å². The van der Waals surface area contributed by atoms with Crippen molar-refractivity contribution in [2.75, 3.05) is 16.4 Å². The Balaban J connectivity index is 2.04. The Bertz CT molecular complexity index is 792. The second kappa shape index (κ2) is 6.22. The molecule has 2 aliphatic rings. The van der Waals surface area contributed by atoms with E-state index in [4.69, 9.17) is 0 Å². The molecule has 0 saturated carbocycles. The van der Waals surface area contributed by atoms with Gasteiger partial charge in [0.15, 0.2) is 15.0 Å². The van der Waals surface area contributed by atoms with Crippen LogP contribution < -0.4 is 4.90 Å². The minimum atomic E-state index is -3.03. The van der Waals surface area contributed by atoms with Crippen LogP contribution in [0.5, 0.6) is 0 Å². The minimum Gasteiger partial charge on any atom is -0.316 e. The summed E-state index contributed by atoms with van der Waals surface area (Å²) in [7, 11) is -3.03. The summed E-state index contributed by atoms with van der Waals surface area (Å²) < 4.78 is 24.9. The molecule has 2 fully saturated rings. The molecule has 0 radical (unpaired) electrons. The molecule has 1 aromatic rings. The average Bonchev–Trinajstić information content (AvgIpc) is 2.93. The van der Waals surface area contributed by atoms with Crippen molar-refractivity contribution in [1.29, 1.82) is 0 Å². The first-order chi connectivity index (χ1) is 10.8. The second-order valence-corrected chi connectivity index (χ2v) is 9.96. The number of halogens is 1. The number of carbonyl (C=O) groups is 1. The summed E-state index contributed by atoms with van der Waals surface area (Å²) in [5.41, 5.74) is 1.93. The summed E-state index contributed by atoms with van der Waals surface area (Å²) in [6.45, 7) is 3.75. The van der Waals surface area contributed by atoms with Gasteiger partial charge in [-0.3, -0.25) is 4.79 Å². The van der Waals surface area contributed by atoms with Gasteiger partial charge >= 0.3 is 0 Å². The number of anilines is 1. The lowest BCUT2D eigenvalue weighted by molar-refractivity contribution is -0.117. The van der Waals surface area contributed by atoms with Crippen LogP contribution in [-0.4, -0.2) is 42.3 Å². The van der Waals surface area contributed by atoms with Crippen molar-refractivity contribution < 1.29 is 13.2 Å². The van der Waals surface area contributed by atoms with Crippen LogP contribution in [0.25, 0.3) is 0 Å². The average molecular weight is 417 g/mol. The first-order valence-electron chi connectivity index (χ1n) is 7.34. The highest BCUT2D eigenvalue weighted by Gasteiger charge is 2.49. The van der Waals surface area contributed by atoms with Gasteiger partial charge in [0, 0.05) is 21.8 Å². The maximum atomic E-state index is 12.0. The number of aryl methyl sites for hydroxylation is 1. The molecule has 5 nitrogen and oxygen atoms in total. The fourth-order valence-corrected chi connectivity index (χ4v) is 7.01. The molecule has 0 aliphatic carbocycles. The third-order valence-corrected chi connectivity index (χ3v) is 8.11. The van der Waals surface area contributed by atoms with E-state index in [1.165, 1.54) is 11.8 Å². The normalized spacial score (nSPS) is 27.4. The van der Waals surface area contributed by atoms with E-state index in [0.29, 0.717) is 11.6 Å². The van der Waals surface area contributed by atoms with Gasteiger partial charge in [0.2, 0.25) is 5.91 Å². The van der Waals surface area contributed by atoms with Gasteiger partial charge in [-0.1, -0.05) is 34.6 Å². The first-order valence-corrected chi connectivity index (χ1v) is 10.8. The SMILES string of the molecule is CCC(=O)N=C1S[C@H]2CS(=O)(=O)C[C@@H]2N1c1ccc(Br)c(C)c1. The van der Waals surface area contributed by atoms with Gasteiger partial charge in [-0.15, -0.1) is 0 Å². The number of benzene rings is 1. The van der Waals surface area contributed by atoms with E-state index in [1.807, 2.05) is 30.0 Å². The fraction of sp³-hybridized carbons (Fsp3) is 0.467. The molecule has 1 aromatic carbocycles. The summed E-state index contributed by atoms with van der Waals surface area (Å²) in [5, 5.41) is 0.552. The number of hydrogen-bond acceptors (Lipinski definition) is 4. The van der Waals surface area contributed by atoms with Gasteiger partial charge < -0.3 is 4.90 Å². The number of nitrogens with zero attached hydrogens (tertiary/aromatic N) is 2. The van der Waals surface area contributed by atoms with Crippen molar-refractivity contribution in [2.45, 2.75) is 31.6 Å². The molecule has 0 unspecified atom stereocenters. The molecular weight excluding hydrogens is 400 g/mol. The zero-order valence-electron chi connectivity index (χ0n) is 12.8. The first kappa shape index (κ1) is 17.0. The molecule has 8 heteroatoms. The molecule has 0 bridgehead atoms. The Morgan fingerprint density at radius 1 is 1.43 bits per heavy atom. The van der Waals surface area contributed by atoms with E-state index in [-0.39, 0.29) is 28.7 Å². The molecule has 124 valence electrons. The van der Waals surface area contributed by atoms with Gasteiger partial charge in [0.05, 0.1) is 17.5 Å². The van der Waals surface area contributed by atoms with Crippen molar-refractivity contribution in [3.8, 4) is 0 Å². The summed E-state index contributed by atoms with van der Waals surface area (Å²) in [6, 6.07) is 5.70. The standard InChI is InChI=1S/C15H17BrN2O3S2/c1-3-14(19)17-15-18(10-4-5-11(16)9(2)6-10)12-7-23(20,21)8-13(12)22-15/h4-6,12-13H,3,7-8H2,1-2H3/t12-,13-/m0/s1. The van der Waals surface area contributed by atoms with Crippen LogP contribution >= 0.6 is 27.7 Å². The number of hydrogen-bond donors (Lipinski definition) is 0. The topological polar surface area (TPSA) is 66.8 Å². The lowest BCUT2D eigenvalue weighted by atomic mass is 10.1. The van der Waals surface area contributed by atoms with E-state index in [1.54, 1.807) is 6.92 Å². The molecule has 2 atom stereocenters. The summed E-state index contributed by atoms with van der Waals surface area (Å²) in [5.74, 6) is 0.0708. The van der Waals surface area contributed by atoms with E-state index in [9.17, 15) is 13.2 Å². The third kappa shape index (κ3) is 3.34. The molecule has 3 rings (SSSR count). The molecular formula is C15H17BrN2O3S2. The summed E-state index contributed by atoms with van der Waals surface area (Å²) in [4.78, 5) is 17.9. The highest BCUT2D eigenvalue weighted by Crippen LogP contribution is 2.41. The van der Waals surface area contributed by atoms with Crippen LogP contribution in [0.2, 0.25) is 0 Å². The molecule has 23 heavy (non-hydrogen) atoms. The molecule has 2 heterocycles. The molecule has 2 saturated heterocycles. The fourth-order valence-electron chi connectivity index (χ4n) is 2.83. The van der Waals surface area contributed by atoms with Gasteiger partial charge in [0.1, 0.15) is 0 Å². The largest absolute Gasteiger partial charge is 0.316 e. The Kier molecular flexibility index (Phi) is 4.59. The molecule has 2 aliphatic heterocycles. The Morgan fingerprint density at radius 3 is 2.83 bits per heavy atom. The van der Waals surface area contributed by atoms with E-state index < -0.39 is 9.84 Å². The van der Waals surface area contributed by atoms with Crippen LogP contribution in [0.3, 0.4) is 0 Å². The number of amides is 1. The lowest BCUT2D eigenvalue weighted by Gasteiger charge is -2.25. The van der Waals surface area contributed by atoms with Crippen molar-refractivity contribution >= 4 is 54.3 Å². The van der Waals surface area contributed by atoms with Crippen molar-refractivity contribution in [3.05, 3.63) is 28.2 Å². The highest BCUT2D eigenvalue weighted by molar-refractivity contribution is 9.10. The van der Waals surface area contributed by atoms with E-state index in [0.717, 1.165) is 15.7 Å². The van der Waals surface area contributed by atoms with Gasteiger partial charge in [-0.25, -0.2) is 8.42 Å². The Labute approximate surface area is 148 Å². The van der Waals surface area contributed by atoms with Crippen molar-refractivity contribution in [3.63, 3.8) is 0 Å². The van der Waals surface area contributed by atoms with Gasteiger partial charge in [0.25, 0.3) is 0 Å². The number of rotatable bonds is 2. The summed E-state index contributed by atoms with van der Waals surface area (Å²) >= 11 is 4.88. The van der Waals surface area contributed by atoms with Gasteiger partial charge in [-0.05, 0) is 30.7 Å². The van der Waals surface area contributed by atoms with Crippen LogP contribution in [-0.2, 0) is 14.6 Å². The number of carbonyl (C=O) groups excluding carboxylic acids is 1. The smallest absolute Gasteiger partial charge is 0.247 e. The molecule has 1 amide bonds. The number of sulfone groups is 1. The van der Waals surface area contributed by atoms with Crippen LogP contribution in [0, 0.1) is 6.92 Å². The van der Waals surface area contributed by atoms with Crippen LogP contribution in [0.1, 0.15) is 18.9 Å². The number of fused-ring (bicyclic) bond motifs is 1. The summed E-state index contributed by atoms with van der Waals surface area (Å²) in [6.07, 6.45) is 0.338. The number of amidine groups is 1. The van der Waals surface area contributed by atoms with Crippen LogP contribution in [0.4, 0.5) is 5.69 Å². The molecule has 0 aromatic heterocycles. The van der Waals surface area contributed by atoms with Crippen molar-refractivity contribution in [1.82, 2.24) is 0 Å².